The summed E-state index contributed by atoms with van der Waals surface area (Å²) in [4.78, 5) is 37.3. The van der Waals surface area contributed by atoms with Gasteiger partial charge in [0.15, 0.2) is 0 Å². The maximum atomic E-state index is 12.9. The van der Waals surface area contributed by atoms with E-state index in [9.17, 15) is 24.8 Å². The third-order valence-corrected chi connectivity index (χ3v) is 5.00. The molecular weight excluding hydrogens is 416 g/mol. The minimum absolute atomic E-state index is 0.0182. The van der Waals surface area contributed by atoms with Crippen LogP contribution in [0.4, 0.5) is 5.69 Å². The van der Waals surface area contributed by atoms with E-state index in [-0.39, 0.29) is 36.1 Å². The number of hydrogen-bond acceptors (Lipinski definition) is 7. The van der Waals surface area contributed by atoms with Gasteiger partial charge in [-0.1, -0.05) is 12.1 Å². The van der Waals surface area contributed by atoms with Crippen LogP contribution in [-0.4, -0.2) is 53.0 Å². The van der Waals surface area contributed by atoms with Gasteiger partial charge in [-0.2, -0.15) is 0 Å². The number of ether oxygens (including phenoxy) is 2. The van der Waals surface area contributed by atoms with Crippen molar-refractivity contribution in [1.82, 2.24) is 4.90 Å². The van der Waals surface area contributed by atoms with Gasteiger partial charge in [-0.15, -0.1) is 0 Å². The number of nitro benzene ring substituents is 1. The van der Waals surface area contributed by atoms with Crippen LogP contribution in [0.25, 0.3) is 5.76 Å². The number of hydrogen-bond donors (Lipinski definition) is 1. The van der Waals surface area contributed by atoms with Crippen LogP contribution in [0.1, 0.15) is 31.0 Å². The molecule has 1 amide bonds. The van der Waals surface area contributed by atoms with Gasteiger partial charge in [0.25, 0.3) is 17.4 Å². The molecule has 0 aromatic heterocycles. The van der Waals surface area contributed by atoms with Crippen molar-refractivity contribution < 1.29 is 29.1 Å². The number of aliphatic hydroxyl groups is 1. The minimum atomic E-state index is -0.839. The number of methoxy groups -OCH3 is 1. The van der Waals surface area contributed by atoms with Crippen molar-refractivity contribution >= 4 is 23.1 Å². The SMILES string of the molecule is COCCN1C(=O)C(=O)/C(=C(\O)c2ccc([N+](=O)[O-])cc2)C1c1ccc(OC(C)C)cc1. The molecule has 1 atom stereocenters. The molecule has 2 aromatic carbocycles. The molecule has 9 nitrogen and oxygen atoms in total. The Bertz CT molecular complexity index is 1040. The fourth-order valence-corrected chi connectivity index (χ4v) is 3.54. The van der Waals surface area contributed by atoms with Crippen LogP contribution in [0.15, 0.2) is 54.1 Å². The van der Waals surface area contributed by atoms with Crippen LogP contribution < -0.4 is 4.74 Å². The molecule has 1 aliphatic rings. The molecule has 0 bridgehead atoms. The van der Waals surface area contributed by atoms with E-state index in [4.69, 9.17) is 9.47 Å². The van der Waals surface area contributed by atoms with Crippen LogP contribution in [0.5, 0.6) is 5.75 Å². The van der Waals surface area contributed by atoms with Crippen LogP contribution >= 0.6 is 0 Å². The molecule has 1 N–H and O–H groups in total. The van der Waals surface area contributed by atoms with Crippen LogP contribution in [0.2, 0.25) is 0 Å². The molecule has 1 unspecified atom stereocenters. The van der Waals surface area contributed by atoms with Crippen molar-refractivity contribution in [3.63, 3.8) is 0 Å². The Morgan fingerprint density at radius 2 is 1.75 bits per heavy atom. The third kappa shape index (κ3) is 4.62. The van der Waals surface area contributed by atoms with E-state index in [1.807, 2.05) is 13.8 Å². The quantitative estimate of drug-likeness (QED) is 0.219. The van der Waals surface area contributed by atoms with Gasteiger partial charge in [-0.05, 0) is 43.7 Å². The smallest absolute Gasteiger partial charge is 0.295 e. The number of likely N-dealkylation sites (tertiary alicyclic amines) is 1. The molecule has 32 heavy (non-hydrogen) atoms. The average Bonchev–Trinajstić information content (AvgIpc) is 3.02. The van der Waals surface area contributed by atoms with E-state index < -0.39 is 28.4 Å². The first-order chi connectivity index (χ1) is 15.2. The third-order valence-electron chi connectivity index (χ3n) is 5.00. The lowest BCUT2D eigenvalue weighted by molar-refractivity contribution is -0.384. The first-order valence-electron chi connectivity index (χ1n) is 10.0. The Kier molecular flexibility index (Phi) is 6.89. The van der Waals surface area contributed by atoms with E-state index in [1.54, 1.807) is 24.3 Å². The number of ketones is 1. The van der Waals surface area contributed by atoms with E-state index in [0.29, 0.717) is 11.3 Å². The number of aliphatic hydroxyl groups excluding tert-OH is 1. The second-order valence-corrected chi connectivity index (χ2v) is 7.52. The molecule has 1 fully saturated rings. The molecule has 1 heterocycles. The normalized spacial score (nSPS) is 17.8. The number of Topliss-reactive ketones (excluding diaryl/α,β-unsaturated/α-hetero) is 1. The largest absolute Gasteiger partial charge is 0.507 e. The molecule has 2 aromatic rings. The van der Waals surface area contributed by atoms with Gasteiger partial charge in [0, 0.05) is 31.4 Å². The standard InChI is InChI=1S/C23H24N2O7/c1-14(2)32-18-10-6-15(7-11-18)20-19(22(27)23(28)24(20)12-13-31-3)21(26)16-4-8-17(9-5-16)25(29)30/h4-11,14,20,26H,12-13H2,1-3H3/b21-19-. The van der Waals surface area contributed by atoms with Gasteiger partial charge in [0.1, 0.15) is 11.5 Å². The number of rotatable bonds is 8. The van der Waals surface area contributed by atoms with Crippen molar-refractivity contribution in [2.24, 2.45) is 0 Å². The highest BCUT2D eigenvalue weighted by Crippen LogP contribution is 2.39. The highest BCUT2D eigenvalue weighted by atomic mass is 16.6. The van der Waals surface area contributed by atoms with Crippen LogP contribution in [0, 0.1) is 10.1 Å². The summed E-state index contributed by atoms with van der Waals surface area (Å²) in [7, 11) is 1.49. The zero-order valence-electron chi connectivity index (χ0n) is 18.0. The summed E-state index contributed by atoms with van der Waals surface area (Å²) in [6, 6.07) is 11.2. The van der Waals surface area contributed by atoms with Crippen LogP contribution in [-0.2, 0) is 14.3 Å². The van der Waals surface area contributed by atoms with Crippen LogP contribution in [0.3, 0.4) is 0 Å². The predicted molar refractivity (Wildman–Crippen MR) is 116 cm³/mol. The van der Waals surface area contributed by atoms with E-state index in [0.717, 1.165) is 0 Å². The minimum Gasteiger partial charge on any atom is -0.507 e. The first-order valence-corrected chi connectivity index (χ1v) is 10.0. The number of carbonyl (C=O) groups is 2. The number of benzene rings is 2. The van der Waals surface area contributed by atoms with Crippen molar-refractivity contribution in [3.05, 3.63) is 75.3 Å². The highest BCUT2D eigenvalue weighted by molar-refractivity contribution is 6.46. The lowest BCUT2D eigenvalue weighted by atomic mass is 9.95. The number of non-ortho nitro benzene ring substituents is 1. The first kappa shape index (κ1) is 23.0. The second-order valence-electron chi connectivity index (χ2n) is 7.52. The molecule has 168 valence electrons. The summed E-state index contributed by atoms with van der Waals surface area (Å²) in [6.45, 7) is 4.15. The van der Waals surface area contributed by atoms with E-state index in [1.165, 1.54) is 36.3 Å². The van der Waals surface area contributed by atoms with Crippen molar-refractivity contribution in [3.8, 4) is 5.75 Å². The topological polar surface area (TPSA) is 119 Å². The molecule has 0 spiro atoms. The summed E-state index contributed by atoms with van der Waals surface area (Å²) >= 11 is 0. The Balaban J connectivity index is 2.08. The van der Waals surface area contributed by atoms with Gasteiger partial charge < -0.3 is 19.5 Å². The van der Waals surface area contributed by atoms with Gasteiger partial charge in [0.05, 0.1) is 29.2 Å². The number of amides is 1. The summed E-state index contributed by atoms with van der Waals surface area (Å²) in [6.07, 6.45) is -0.0182. The maximum absolute atomic E-state index is 12.9. The Hall–Kier alpha value is -3.72. The Labute approximate surface area is 185 Å². The molecule has 0 aliphatic carbocycles. The predicted octanol–water partition coefficient (Wildman–Crippen LogP) is 3.45. The lowest BCUT2D eigenvalue weighted by Gasteiger charge is -2.25. The van der Waals surface area contributed by atoms with Gasteiger partial charge in [-0.25, -0.2) is 0 Å². The van der Waals surface area contributed by atoms with E-state index in [2.05, 4.69) is 0 Å². The monoisotopic (exact) mass is 440 g/mol. The molecule has 3 rings (SSSR count). The highest BCUT2D eigenvalue weighted by Gasteiger charge is 2.45. The van der Waals surface area contributed by atoms with Gasteiger partial charge >= 0.3 is 0 Å². The zero-order valence-corrected chi connectivity index (χ0v) is 18.0. The zero-order chi connectivity index (χ0) is 23.4. The molecule has 0 saturated carbocycles. The number of nitrogens with zero attached hydrogens (tertiary/aromatic N) is 2. The number of nitro groups is 1. The van der Waals surface area contributed by atoms with Gasteiger partial charge in [-0.3, -0.25) is 19.7 Å². The van der Waals surface area contributed by atoms with E-state index >= 15 is 0 Å². The molecule has 9 heteroatoms. The summed E-state index contributed by atoms with van der Waals surface area (Å²) in [5.41, 5.74) is 0.571. The summed E-state index contributed by atoms with van der Waals surface area (Å²) in [5.74, 6) is -1.35. The average molecular weight is 440 g/mol. The summed E-state index contributed by atoms with van der Waals surface area (Å²) < 4.78 is 10.7. The fraction of sp³-hybridized carbons (Fsp3) is 0.304. The molecular formula is C23H24N2O7. The Morgan fingerprint density at radius 3 is 2.28 bits per heavy atom. The molecule has 1 saturated heterocycles. The lowest BCUT2D eigenvalue weighted by Crippen LogP contribution is -2.32. The fourth-order valence-electron chi connectivity index (χ4n) is 3.54. The summed E-state index contributed by atoms with van der Waals surface area (Å²) in [5, 5.41) is 21.9. The maximum Gasteiger partial charge on any atom is 0.295 e. The van der Waals surface area contributed by atoms with Crippen molar-refractivity contribution in [2.75, 3.05) is 20.3 Å². The van der Waals surface area contributed by atoms with Crippen molar-refractivity contribution in [2.45, 2.75) is 26.0 Å². The molecule has 1 aliphatic heterocycles. The van der Waals surface area contributed by atoms with Crippen molar-refractivity contribution in [1.29, 1.82) is 0 Å². The molecule has 0 radical (unpaired) electrons. The number of carbonyl (C=O) groups excluding carboxylic acids is 2. The van der Waals surface area contributed by atoms with Gasteiger partial charge in [0.2, 0.25) is 0 Å². The Morgan fingerprint density at radius 1 is 1.12 bits per heavy atom. The second kappa shape index (κ2) is 9.61.